The van der Waals surface area contributed by atoms with Gasteiger partial charge in [0.05, 0.1) is 40.4 Å². The summed E-state index contributed by atoms with van der Waals surface area (Å²) in [5.74, 6) is -2.14. The summed E-state index contributed by atoms with van der Waals surface area (Å²) in [5, 5.41) is 10.2. The van der Waals surface area contributed by atoms with E-state index in [1.165, 1.54) is 37.4 Å². The Labute approximate surface area is 266 Å². The molecule has 0 N–H and O–H groups in total. The van der Waals surface area contributed by atoms with Crippen molar-refractivity contribution in [2.24, 2.45) is 0 Å². The molecule has 0 aliphatic rings. The summed E-state index contributed by atoms with van der Waals surface area (Å²) in [7, 11) is -3.40. The lowest BCUT2D eigenvalue weighted by molar-refractivity contribution is 0.0600. The van der Waals surface area contributed by atoms with E-state index in [1.54, 1.807) is 36.4 Å². The maximum absolute atomic E-state index is 15.4. The molecule has 0 fully saturated rings. The van der Waals surface area contributed by atoms with E-state index in [1.807, 2.05) is 0 Å². The van der Waals surface area contributed by atoms with Gasteiger partial charge in [0.2, 0.25) is 0 Å². The molecule has 5 aromatic carbocycles. The molecule has 47 heavy (non-hydrogen) atoms. The Hall–Kier alpha value is -5.73. The van der Waals surface area contributed by atoms with Gasteiger partial charge in [-0.3, -0.25) is 0 Å². The first-order valence-corrected chi connectivity index (χ1v) is 15.4. The molecule has 0 aliphatic carbocycles. The lowest BCUT2D eigenvalue weighted by Gasteiger charge is -2.16. The summed E-state index contributed by atoms with van der Waals surface area (Å²) in [6.07, 6.45) is -2.82. The van der Waals surface area contributed by atoms with Crippen LogP contribution in [-0.4, -0.2) is 25.5 Å². The third-order valence-electron chi connectivity index (χ3n) is 7.71. The van der Waals surface area contributed by atoms with Gasteiger partial charge < -0.3 is 4.74 Å². The van der Waals surface area contributed by atoms with E-state index in [2.05, 4.69) is 10.8 Å². The highest BCUT2D eigenvalue weighted by Crippen LogP contribution is 2.45. The van der Waals surface area contributed by atoms with Crippen molar-refractivity contribution >= 4 is 26.9 Å². The first-order chi connectivity index (χ1) is 22.5. The molecule has 0 bridgehead atoms. The number of halogens is 4. The number of nitriles is 1. The first-order valence-electron chi connectivity index (χ1n) is 14.0. The molecule has 0 spiro atoms. The number of methoxy groups -OCH3 is 1. The predicted molar refractivity (Wildman–Crippen MR) is 168 cm³/mol. The standard InChI is InChI=1S/C36H22F4N2O4S/c1-46-36(43)24-11-15-28(31(38)18-24)22-6-4-7-23(17-22)34-33(29-8-3-2-5-25(29)20-41)30-19-26(37)12-16-32(30)42(34)47(44,45)27-13-9-21(10-14-27)35(39)40/h2-19,35H,1H3. The second kappa shape index (κ2) is 12.2. The summed E-state index contributed by atoms with van der Waals surface area (Å²) in [5.41, 5.74) is 1.06. The SMILES string of the molecule is COC(=O)c1ccc(-c2cccc(-c3c(-c4ccccc4C#N)c4cc(F)ccc4n3S(=O)(=O)c3ccc(C(F)F)cc3)c2)c(F)c1. The van der Waals surface area contributed by atoms with Crippen molar-refractivity contribution in [3.63, 3.8) is 0 Å². The number of aromatic nitrogens is 1. The van der Waals surface area contributed by atoms with Gasteiger partial charge in [-0.1, -0.05) is 54.6 Å². The molecule has 234 valence electrons. The zero-order valence-electron chi connectivity index (χ0n) is 24.4. The highest BCUT2D eigenvalue weighted by Gasteiger charge is 2.30. The van der Waals surface area contributed by atoms with Gasteiger partial charge in [0.15, 0.2) is 0 Å². The van der Waals surface area contributed by atoms with Crippen molar-refractivity contribution in [3.8, 4) is 39.6 Å². The van der Waals surface area contributed by atoms with Crippen LogP contribution in [0.25, 0.3) is 44.4 Å². The van der Waals surface area contributed by atoms with Crippen molar-refractivity contribution < 1.29 is 35.5 Å². The highest BCUT2D eigenvalue weighted by atomic mass is 32.2. The smallest absolute Gasteiger partial charge is 0.337 e. The number of hydrogen-bond donors (Lipinski definition) is 0. The monoisotopic (exact) mass is 654 g/mol. The van der Waals surface area contributed by atoms with Crippen LogP contribution in [0.3, 0.4) is 0 Å². The van der Waals surface area contributed by atoms with Gasteiger partial charge in [-0.15, -0.1) is 0 Å². The van der Waals surface area contributed by atoms with E-state index in [0.29, 0.717) is 11.1 Å². The van der Waals surface area contributed by atoms with Crippen LogP contribution in [0.4, 0.5) is 17.6 Å². The van der Waals surface area contributed by atoms with Gasteiger partial charge in [-0.25, -0.2) is 34.7 Å². The number of benzene rings is 5. The maximum Gasteiger partial charge on any atom is 0.337 e. The lowest BCUT2D eigenvalue weighted by atomic mass is 9.93. The fraction of sp³-hybridized carbons (Fsp3) is 0.0556. The zero-order valence-corrected chi connectivity index (χ0v) is 25.2. The molecule has 6 aromatic rings. The molecule has 11 heteroatoms. The van der Waals surface area contributed by atoms with Crippen LogP contribution in [0.15, 0.2) is 114 Å². The predicted octanol–water partition coefficient (Wildman–Crippen LogP) is 8.75. The molecule has 6 nitrogen and oxygen atoms in total. The van der Waals surface area contributed by atoms with Crippen LogP contribution in [0.1, 0.15) is 27.9 Å². The molecular formula is C36H22F4N2O4S. The fourth-order valence-corrected chi connectivity index (χ4v) is 7.08. The number of nitrogens with zero attached hydrogens (tertiary/aromatic N) is 2. The number of rotatable bonds is 7. The molecule has 1 heterocycles. The van der Waals surface area contributed by atoms with Gasteiger partial charge >= 0.3 is 5.97 Å². The van der Waals surface area contributed by atoms with Crippen LogP contribution in [0.2, 0.25) is 0 Å². The summed E-state index contributed by atoms with van der Waals surface area (Å²) in [4.78, 5) is 11.6. The second-order valence-corrected chi connectivity index (χ2v) is 12.2. The average molecular weight is 655 g/mol. The minimum Gasteiger partial charge on any atom is -0.465 e. The third-order valence-corrected chi connectivity index (χ3v) is 9.44. The number of alkyl halides is 2. The summed E-state index contributed by atoms with van der Waals surface area (Å²) in [6.45, 7) is 0. The fourth-order valence-electron chi connectivity index (χ4n) is 5.54. The van der Waals surface area contributed by atoms with Gasteiger partial charge in [0.25, 0.3) is 16.4 Å². The Kier molecular flexibility index (Phi) is 8.13. The highest BCUT2D eigenvalue weighted by molar-refractivity contribution is 7.90. The summed E-state index contributed by atoms with van der Waals surface area (Å²) >= 11 is 0. The Morgan fingerprint density at radius 3 is 2.23 bits per heavy atom. The number of esters is 1. The van der Waals surface area contributed by atoms with E-state index in [-0.39, 0.29) is 54.9 Å². The number of hydrogen-bond acceptors (Lipinski definition) is 5. The molecule has 0 atom stereocenters. The number of carbonyl (C=O) groups is 1. The van der Waals surface area contributed by atoms with Gasteiger partial charge in [0, 0.05) is 33.2 Å². The molecule has 6 rings (SSSR count). The van der Waals surface area contributed by atoms with Crippen molar-refractivity contribution in [1.82, 2.24) is 3.97 Å². The largest absolute Gasteiger partial charge is 0.465 e. The van der Waals surface area contributed by atoms with E-state index in [9.17, 15) is 31.6 Å². The normalized spacial score (nSPS) is 11.5. The average Bonchev–Trinajstić information content (AvgIpc) is 3.42. The minimum absolute atomic E-state index is 0.00796. The third kappa shape index (κ3) is 5.53. The van der Waals surface area contributed by atoms with Crippen LogP contribution >= 0.6 is 0 Å². The van der Waals surface area contributed by atoms with Gasteiger partial charge in [-0.05, 0) is 60.2 Å². The molecule has 1 aromatic heterocycles. The molecule has 0 radical (unpaired) electrons. The van der Waals surface area contributed by atoms with Crippen molar-refractivity contribution in [3.05, 3.63) is 138 Å². The minimum atomic E-state index is -4.57. The Balaban J connectivity index is 1.70. The molecule has 0 aliphatic heterocycles. The molecule has 0 saturated heterocycles. The van der Waals surface area contributed by atoms with E-state index in [0.717, 1.165) is 46.4 Å². The van der Waals surface area contributed by atoms with E-state index in [4.69, 9.17) is 0 Å². The number of fused-ring (bicyclic) bond motifs is 1. The molecular weight excluding hydrogens is 632 g/mol. The van der Waals surface area contributed by atoms with Crippen molar-refractivity contribution in [1.29, 1.82) is 5.26 Å². The van der Waals surface area contributed by atoms with Crippen LogP contribution < -0.4 is 0 Å². The topological polar surface area (TPSA) is 89.2 Å². The maximum atomic E-state index is 15.4. The second-order valence-electron chi connectivity index (χ2n) is 10.4. The molecule has 0 unspecified atom stereocenters. The quantitative estimate of drug-likeness (QED) is 0.127. The Bertz CT molecular complexity index is 2340. The first kappa shape index (κ1) is 31.3. The van der Waals surface area contributed by atoms with Crippen LogP contribution in [-0.2, 0) is 14.8 Å². The van der Waals surface area contributed by atoms with Gasteiger partial charge in [-0.2, -0.15) is 5.26 Å². The van der Waals surface area contributed by atoms with Crippen molar-refractivity contribution in [2.45, 2.75) is 11.3 Å². The summed E-state index contributed by atoms with van der Waals surface area (Å²) in [6, 6.07) is 26.3. The number of carbonyl (C=O) groups excluding carboxylic acids is 1. The Morgan fingerprint density at radius 2 is 1.55 bits per heavy atom. The van der Waals surface area contributed by atoms with Crippen LogP contribution in [0.5, 0.6) is 0 Å². The molecule has 0 saturated carbocycles. The summed E-state index contributed by atoms with van der Waals surface area (Å²) < 4.78 is 91.5. The molecule has 0 amide bonds. The van der Waals surface area contributed by atoms with E-state index >= 15 is 4.39 Å². The van der Waals surface area contributed by atoms with E-state index < -0.39 is 34.1 Å². The zero-order chi connectivity index (χ0) is 33.5. The van der Waals surface area contributed by atoms with Crippen LogP contribution in [0, 0.1) is 23.0 Å². The lowest BCUT2D eigenvalue weighted by Crippen LogP contribution is -2.14. The van der Waals surface area contributed by atoms with Gasteiger partial charge in [0.1, 0.15) is 11.6 Å². The van der Waals surface area contributed by atoms with Crippen molar-refractivity contribution in [2.75, 3.05) is 7.11 Å². The Morgan fingerprint density at radius 1 is 0.830 bits per heavy atom. The number of ether oxygens (including phenoxy) is 1.